The van der Waals surface area contributed by atoms with Gasteiger partial charge in [0.15, 0.2) is 5.13 Å². The van der Waals surface area contributed by atoms with Crippen molar-refractivity contribution >= 4 is 54.1 Å². The maximum atomic E-state index is 13.4. The van der Waals surface area contributed by atoms with Gasteiger partial charge in [-0.15, -0.1) is 11.3 Å². The summed E-state index contributed by atoms with van der Waals surface area (Å²) in [7, 11) is 4.19. The number of anilines is 1. The Morgan fingerprint density at radius 1 is 1.14 bits per heavy atom. The molecule has 1 N–H and O–H groups in total. The standard InChI is InChI=1S/C21H22N4OS2/c1-13-9-14(2)19-18(10-13)28-21(23-19)25(8-7-24(3)4)20(26)15-5-6-16-17(11-15)27-12-22-16/h5-6,9-12H,7-8H2,1-4H3/p+1. The van der Waals surface area contributed by atoms with Crippen LogP contribution in [0.4, 0.5) is 5.13 Å². The SMILES string of the molecule is Cc1cc(C)c2nc(N(CC[NH+](C)C)C(=O)c3ccc4ncsc4c3)sc2c1. The minimum Gasteiger partial charge on any atom is -0.338 e. The molecule has 4 rings (SSSR count). The Bertz CT molecular complexity index is 1160. The number of hydrogen-bond acceptors (Lipinski definition) is 5. The quantitative estimate of drug-likeness (QED) is 0.548. The third-order valence-corrected chi connectivity index (χ3v) is 6.53. The fourth-order valence-corrected chi connectivity index (χ4v) is 5.12. The lowest BCUT2D eigenvalue weighted by atomic mass is 10.1. The Kier molecular flexibility index (Phi) is 5.14. The fraction of sp³-hybridized carbons (Fsp3) is 0.286. The van der Waals surface area contributed by atoms with Crippen LogP contribution in [0.5, 0.6) is 0 Å². The first-order valence-corrected chi connectivity index (χ1v) is 10.9. The number of thiazole rings is 2. The van der Waals surface area contributed by atoms with Crippen LogP contribution < -0.4 is 9.80 Å². The molecule has 0 fully saturated rings. The maximum Gasteiger partial charge on any atom is 0.260 e. The summed E-state index contributed by atoms with van der Waals surface area (Å²) in [6.07, 6.45) is 0. The molecule has 0 atom stereocenters. The number of rotatable bonds is 5. The summed E-state index contributed by atoms with van der Waals surface area (Å²) in [5, 5.41) is 0.763. The molecule has 0 aliphatic carbocycles. The summed E-state index contributed by atoms with van der Waals surface area (Å²) in [4.78, 5) is 25.7. The molecule has 2 heterocycles. The maximum absolute atomic E-state index is 13.4. The second-order valence-corrected chi connectivity index (χ2v) is 9.27. The molecule has 0 aliphatic heterocycles. The number of quaternary nitrogens is 1. The van der Waals surface area contributed by atoms with E-state index in [2.05, 4.69) is 45.1 Å². The summed E-state index contributed by atoms with van der Waals surface area (Å²) in [6.45, 7) is 5.64. The summed E-state index contributed by atoms with van der Waals surface area (Å²) in [5.74, 6) is -0.00928. The Labute approximate surface area is 172 Å². The molecule has 2 aromatic carbocycles. The number of likely N-dealkylation sites (N-methyl/N-ethyl adjacent to an activating group) is 1. The largest absolute Gasteiger partial charge is 0.338 e. The highest BCUT2D eigenvalue weighted by Crippen LogP contribution is 2.32. The molecular formula is C21H23N4OS2+. The van der Waals surface area contributed by atoms with Gasteiger partial charge < -0.3 is 4.90 Å². The smallest absolute Gasteiger partial charge is 0.260 e. The fourth-order valence-electron chi connectivity index (χ4n) is 3.24. The van der Waals surface area contributed by atoms with Gasteiger partial charge in [0.25, 0.3) is 5.91 Å². The second kappa shape index (κ2) is 7.58. The number of nitrogens with one attached hydrogen (secondary N) is 1. The summed E-state index contributed by atoms with van der Waals surface area (Å²) < 4.78 is 2.15. The molecule has 1 amide bonds. The van der Waals surface area contributed by atoms with Crippen molar-refractivity contribution in [3.63, 3.8) is 0 Å². The van der Waals surface area contributed by atoms with E-state index in [1.165, 1.54) is 10.5 Å². The van der Waals surface area contributed by atoms with Gasteiger partial charge in [0.1, 0.15) is 0 Å². The van der Waals surface area contributed by atoms with E-state index in [4.69, 9.17) is 4.98 Å². The number of benzene rings is 2. The van der Waals surface area contributed by atoms with E-state index in [0.29, 0.717) is 12.1 Å². The number of carbonyl (C=O) groups excluding carboxylic acids is 1. The van der Waals surface area contributed by atoms with Crippen LogP contribution in [0.3, 0.4) is 0 Å². The van der Waals surface area contributed by atoms with E-state index in [0.717, 1.165) is 37.7 Å². The highest BCUT2D eigenvalue weighted by Gasteiger charge is 2.23. The van der Waals surface area contributed by atoms with Gasteiger partial charge in [0.2, 0.25) is 0 Å². The number of amides is 1. The van der Waals surface area contributed by atoms with E-state index in [9.17, 15) is 4.79 Å². The topological polar surface area (TPSA) is 50.5 Å². The highest BCUT2D eigenvalue weighted by molar-refractivity contribution is 7.22. The molecule has 0 spiro atoms. The number of aromatic nitrogens is 2. The Balaban J connectivity index is 1.75. The zero-order chi connectivity index (χ0) is 19.8. The average molecular weight is 412 g/mol. The van der Waals surface area contributed by atoms with E-state index >= 15 is 0 Å². The zero-order valence-electron chi connectivity index (χ0n) is 16.4. The van der Waals surface area contributed by atoms with Crippen molar-refractivity contribution in [3.05, 3.63) is 52.5 Å². The zero-order valence-corrected chi connectivity index (χ0v) is 18.1. The lowest BCUT2D eigenvalue weighted by Crippen LogP contribution is -3.06. The molecule has 0 unspecified atom stereocenters. The van der Waals surface area contributed by atoms with Crippen molar-refractivity contribution in [2.24, 2.45) is 0 Å². The van der Waals surface area contributed by atoms with E-state index in [-0.39, 0.29) is 5.91 Å². The minimum absolute atomic E-state index is 0.00928. The number of carbonyl (C=O) groups is 1. The molecule has 0 aliphatic rings. The van der Waals surface area contributed by atoms with Crippen LogP contribution in [0.15, 0.2) is 35.8 Å². The molecule has 2 aromatic heterocycles. The van der Waals surface area contributed by atoms with Crippen LogP contribution in [0.1, 0.15) is 21.5 Å². The van der Waals surface area contributed by atoms with Crippen molar-refractivity contribution in [3.8, 4) is 0 Å². The Hall–Kier alpha value is -2.35. The third kappa shape index (κ3) is 3.65. The lowest BCUT2D eigenvalue weighted by Gasteiger charge is -2.20. The molecule has 28 heavy (non-hydrogen) atoms. The van der Waals surface area contributed by atoms with Gasteiger partial charge in [-0.05, 0) is 49.2 Å². The molecule has 7 heteroatoms. The first-order valence-electron chi connectivity index (χ1n) is 9.24. The van der Waals surface area contributed by atoms with Crippen LogP contribution in [0.25, 0.3) is 20.4 Å². The van der Waals surface area contributed by atoms with Crippen molar-refractivity contribution in [2.45, 2.75) is 13.8 Å². The monoisotopic (exact) mass is 411 g/mol. The normalized spacial score (nSPS) is 11.6. The molecule has 0 saturated carbocycles. The number of fused-ring (bicyclic) bond motifs is 2. The Morgan fingerprint density at radius 3 is 2.75 bits per heavy atom. The van der Waals surface area contributed by atoms with Crippen molar-refractivity contribution in [2.75, 3.05) is 32.1 Å². The molecule has 0 radical (unpaired) electrons. The van der Waals surface area contributed by atoms with Crippen LogP contribution in [0.2, 0.25) is 0 Å². The van der Waals surface area contributed by atoms with Gasteiger partial charge in [0.05, 0.1) is 53.1 Å². The number of hydrogen-bond donors (Lipinski definition) is 1. The van der Waals surface area contributed by atoms with Gasteiger partial charge in [-0.25, -0.2) is 9.97 Å². The second-order valence-electron chi connectivity index (χ2n) is 7.37. The van der Waals surface area contributed by atoms with Crippen molar-refractivity contribution in [1.29, 1.82) is 0 Å². The molecule has 5 nitrogen and oxygen atoms in total. The van der Waals surface area contributed by atoms with Gasteiger partial charge in [-0.1, -0.05) is 17.4 Å². The highest BCUT2D eigenvalue weighted by atomic mass is 32.1. The van der Waals surface area contributed by atoms with Crippen molar-refractivity contribution in [1.82, 2.24) is 9.97 Å². The van der Waals surface area contributed by atoms with Crippen LogP contribution in [-0.2, 0) is 0 Å². The molecular weight excluding hydrogens is 388 g/mol. The van der Waals surface area contributed by atoms with Gasteiger partial charge in [-0.2, -0.15) is 0 Å². The van der Waals surface area contributed by atoms with Gasteiger partial charge >= 0.3 is 0 Å². The van der Waals surface area contributed by atoms with E-state index in [1.807, 2.05) is 28.6 Å². The van der Waals surface area contributed by atoms with Crippen LogP contribution in [0, 0.1) is 13.8 Å². The predicted molar refractivity (Wildman–Crippen MR) is 118 cm³/mol. The minimum atomic E-state index is -0.00928. The molecule has 0 saturated heterocycles. The van der Waals surface area contributed by atoms with Crippen molar-refractivity contribution < 1.29 is 9.69 Å². The summed E-state index contributed by atoms with van der Waals surface area (Å²) >= 11 is 3.14. The molecule has 0 bridgehead atoms. The average Bonchev–Trinajstić information content (AvgIpc) is 3.27. The molecule has 144 valence electrons. The first kappa shape index (κ1) is 19.0. The predicted octanol–water partition coefficient (Wildman–Crippen LogP) is 3.31. The third-order valence-electron chi connectivity index (χ3n) is 4.71. The van der Waals surface area contributed by atoms with E-state index < -0.39 is 0 Å². The molecule has 4 aromatic rings. The lowest BCUT2D eigenvalue weighted by molar-refractivity contribution is -0.856. The number of nitrogens with zero attached hydrogens (tertiary/aromatic N) is 3. The summed E-state index contributed by atoms with van der Waals surface area (Å²) in [5.41, 5.74) is 6.76. The first-order chi connectivity index (χ1) is 13.4. The number of aryl methyl sites for hydroxylation is 2. The van der Waals surface area contributed by atoms with Crippen LogP contribution in [-0.4, -0.2) is 43.1 Å². The van der Waals surface area contributed by atoms with E-state index in [1.54, 1.807) is 22.7 Å². The van der Waals surface area contributed by atoms with Gasteiger partial charge in [-0.3, -0.25) is 9.69 Å². The summed E-state index contributed by atoms with van der Waals surface area (Å²) in [6, 6.07) is 10.0. The van der Waals surface area contributed by atoms with Crippen LogP contribution >= 0.6 is 22.7 Å². The van der Waals surface area contributed by atoms with Gasteiger partial charge in [0, 0.05) is 5.56 Å². The Morgan fingerprint density at radius 2 is 1.96 bits per heavy atom.